The normalized spacial score (nSPS) is 14.6. The second-order valence-electron chi connectivity index (χ2n) is 6.26. The number of nitrogens with zero attached hydrogens (tertiary/aromatic N) is 2. The maximum absolute atomic E-state index is 12.9. The molecule has 2 aromatic rings. The summed E-state index contributed by atoms with van der Waals surface area (Å²) in [6.07, 6.45) is 0. The van der Waals surface area contributed by atoms with Gasteiger partial charge in [-0.15, -0.1) is 0 Å². The van der Waals surface area contributed by atoms with Gasteiger partial charge in [-0.25, -0.2) is 9.18 Å². The van der Waals surface area contributed by atoms with Crippen LogP contribution in [-0.4, -0.2) is 37.1 Å². The molecule has 0 saturated carbocycles. The summed E-state index contributed by atoms with van der Waals surface area (Å²) in [5.74, 6) is -0.310. The van der Waals surface area contributed by atoms with E-state index in [1.54, 1.807) is 17.0 Å². The maximum atomic E-state index is 12.9. The molecule has 0 spiro atoms. The molecule has 0 aromatic heterocycles. The lowest BCUT2D eigenvalue weighted by molar-refractivity contribution is 0.208. The minimum absolute atomic E-state index is 0.137. The van der Waals surface area contributed by atoms with Crippen LogP contribution >= 0.6 is 0 Å². The van der Waals surface area contributed by atoms with Crippen LogP contribution in [0.25, 0.3) is 0 Å². The van der Waals surface area contributed by atoms with Gasteiger partial charge in [0.1, 0.15) is 5.82 Å². The van der Waals surface area contributed by atoms with E-state index in [4.69, 9.17) is 0 Å². The summed E-state index contributed by atoms with van der Waals surface area (Å²) >= 11 is 0. The third-order valence-corrected chi connectivity index (χ3v) is 4.23. The molecule has 0 radical (unpaired) electrons. The number of halogens is 1. The van der Waals surface area contributed by atoms with Crippen LogP contribution in [-0.2, 0) is 0 Å². The highest BCUT2D eigenvalue weighted by molar-refractivity contribution is 5.89. The van der Waals surface area contributed by atoms with Crippen molar-refractivity contribution < 1.29 is 9.18 Å². The second kappa shape index (κ2) is 6.91. The Morgan fingerprint density at radius 2 is 1.54 bits per heavy atom. The SMILES string of the molecule is Cc1cc(C)cc(N2CCN(C(=O)Nc3ccc(F)cc3)CC2)c1. The van der Waals surface area contributed by atoms with E-state index in [-0.39, 0.29) is 11.8 Å². The zero-order valence-corrected chi connectivity index (χ0v) is 14.1. The third kappa shape index (κ3) is 3.85. The zero-order chi connectivity index (χ0) is 17.1. The molecular formula is C19H22FN3O. The first-order valence-corrected chi connectivity index (χ1v) is 8.16. The lowest BCUT2D eigenvalue weighted by Gasteiger charge is -2.36. The Labute approximate surface area is 141 Å². The minimum atomic E-state index is -0.310. The highest BCUT2D eigenvalue weighted by Crippen LogP contribution is 2.20. The standard InChI is InChI=1S/C19H22FN3O/c1-14-11-15(2)13-18(12-14)22-7-9-23(10-8-22)19(24)21-17-5-3-16(20)4-6-17/h3-6,11-13H,7-10H2,1-2H3,(H,21,24). The molecule has 0 unspecified atom stereocenters. The Kier molecular flexibility index (Phi) is 4.69. The fourth-order valence-electron chi connectivity index (χ4n) is 3.04. The molecule has 0 bridgehead atoms. The first-order valence-electron chi connectivity index (χ1n) is 8.16. The van der Waals surface area contributed by atoms with Gasteiger partial charge >= 0.3 is 6.03 Å². The van der Waals surface area contributed by atoms with Crippen molar-refractivity contribution in [2.45, 2.75) is 13.8 Å². The molecule has 1 N–H and O–H groups in total. The van der Waals surface area contributed by atoms with E-state index >= 15 is 0 Å². The molecule has 4 nitrogen and oxygen atoms in total. The van der Waals surface area contributed by atoms with E-state index in [2.05, 4.69) is 42.3 Å². The molecule has 0 atom stereocenters. The molecular weight excluding hydrogens is 305 g/mol. The van der Waals surface area contributed by atoms with E-state index in [1.165, 1.54) is 28.9 Å². The van der Waals surface area contributed by atoms with Gasteiger partial charge in [-0.2, -0.15) is 0 Å². The van der Waals surface area contributed by atoms with Crippen LogP contribution in [0.4, 0.5) is 20.6 Å². The summed E-state index contributed by atoms with van der Waals surface area (Å²) in [7, 11) is 0. The molecule has 126 valence electrons. The third-order valence-electron chi connectivity index (χ3n) is 4.23. The van der Waals surface area contributed by atoms with Crippen molar-refractivity contribution >= 4 is 17.4 Å². The number of amides is 2. The topological polar surface area (TPSA) is 35.6 Å². The zero-order valence-electron chi connectivity index (χ0n) is 14.1. The Bertz CT molecular complexity index is 702. The van der Waals surface area contributed by atoms with E-state index in [1.807, 2.05) is 0 Å². The van der Waals surface area contributed by atoms with Gasteiger partial charge in [0.05, 0.1) is 0 Å². The molecule has 2 amide bonds. The van der Waals surface area contributed by atoms with Gasteiger partial charge in [0, 0.05) is 37.6 Å². The van der Waals surface area contributed by atoms with E-state index < -0.39 is 0 Å². The largest absolute Gasteiger partial charge is 0.368 e. The molecule has 5 heteroatoms. The number of carbonyl (C=O) groups excluding carboxylic acids is 1. The van der Waals surface area contributed by atoms with Crippen molar-refractivity contribution in [1.82, 2.24) is 4.90 Å². The van der Waals surface area contributed by atoms with Crippen LogP contribution in [0, 0.1) is 19.7 Å². The molecule has 1 fully saturated rings. The molecule has 0 aliphatic carbocycles. The number of urea groups is 1. The number of piperazine rings is 1. The van der Waals surface area contributed by atoms with Crippen molar-refractivity contribution in [3.05, 3.63) is 59.4 Å². The molecule has 1 aliphatic rings. The molecule has 1 aliphatic heterocycles. The fraction of sp³-hybridized carbons (Fsp3) is 0.316. The first kappa shape index (κ1) is 16.3. The number of hydrogen-bond donors (Lipinski definition) is 1. The molecule has 24 heavy (non-hydrogen) atoms. The van der Waals surface area contributed by atoms with Gasteiger partial charge in [0.2, 0.25) is 0 Å². The summed E-state index contributed by atoms with van der Waals surface area (Å²) in [5, 5.41) is 2.81. The maximum Gasteiger partial charge on any atom is 0.321 e. The van der Waals surface area contributed by atoms with E-state index in [0.717, 1.165) is 13.1 Å². The molecule has 3 rings (SSSR count). The van der Waals surface area contributed by atoms with Crippen LogP contribution in [0.15, 0.2) is 42.5 Å². The average Bonchev–Trinajstić information content (AvgIpc) is 2.56. The monoisotopic (exact) mass is 327 g/mol. The number of carbonyl (C=O) groups is 1. The van der Waals surface area contributed by atoms with Crippen molar-refractivity contribution in [2.75, 3.05) is 36.4 Å². The van der Waals surface area contributed by atoms with Crippen molar-refractivity contribution in [1.29, 1.82) is 0 Å². The Hall–Kier alpha value is -2.56. The Morgan fingerprint density at radius 3 is 2.12 bits per heavy atom. The molecule has 1 heterocycles. The fourth-order valence-corrected chi connectivity index (χ4v) is 3.04. The molecule has 2 aromatic carbocycles. The van der Waals surface area contributed by atoms with Crippen LogP contribution in [0.5, 0.6) is 0 Å². The van der Waals surface area contributed by atoms with E-state index in [9.17, 15) is 9.18 Å². The van der Waals surface area contributed by atoms with E-state index in [0.29, 0.717) is 18.8 Å². The number of hydrogen-bond acceptors (Lipinski definition) is 2. The predicted octanol–water partition coefficient (Wildman–Crippen LogP) is 3.80. The van der Waals surface area contributed by atoms with Gasteiger partial charge in [-0.1, -0.05) is 6.07 Å². The van der Waals surface area contributed by atoms with Crippen molar-refractivity contribution in [3.63, 3.8) is 0 Å². The van der Waals surface area contributed by atoms with Gasteiger partial charge in [-0.3, -0.25) is 0 Å². The number of benzene rings is 2. The second-order valence-corrected chi connectivity index (χ2v) is 6.26. The van der Waals surface area contributed by atoms with Gasteiger partial charge < -0.3 is 15.1 Å². The van der Waals surface area contributed by atoms with Gasteiger partial charge in [-0.05, 0) is 61.4 Å². The van der Waals surface area contributed by atoms with Crippen LogP contribution < -0.4 is 10.2 Å². The first-order chi connectivity index (χ1) is 11.5. The molecule has 1 saturated heterocycles. The number of nitrogens with one attached hydrogen (secondary N) is 1. The number of aryl methyl sites for hydroxylation is 2. The lowest BCUT2D eigenvalue weighted by atomic mass is 10.1. The quantitative estimate of drug-likeness (QED) is 0.911. The summed E-state index contributed by atoms with van der Waals surface area (Å²) < 4.78 is 12.9. The van der Waals surface area contributed by atoms with Crippen molar-refractivity contribution in [3.8, 4) is 0 Å². The van der Waals surface area contributed by atoms with Crippen LogP contribution in [0.2, 0.25) is 0 Å². The summed E-state index contributed by atoms with van der Waals surface area (Å²) in [6, 6.07) is 12.2. The van der Waals surface area contributed by atoms with Crippen LogP contribution in [0.3, 0.4) is 0 Å². The Balaban J connectivity index is 1.58. The summed E-state index contributed by atoms with van der Waals surface area (Å²) in [6.45, 7) is 7.14. The smallest absolute Gasteiger partial charge is 0.321 e. The minimum Gasteiger partial charge on any atom is -0.368 e. The average molecular weight is 327 g/mol. The lowest BCUT2D eigenvalue weighted by Crippen LogP contribution is -2.50. The number of anilines is 2. The van der Waals surface area contributed by atoms with Crippen molar-refractivity contribution in [2.24, 2.45) is 0 Å². The predicted molar refractivity (Wildman–Crippen MR) is 95.1 cm³/mol. The van der Waals surface area contributed by atoms with Crippen LogP contribution in [0.1, 0.15) is 11.1 Å². The Morgan fingerprint density at radius 1 is 0.958 bits per heavy atom. The highest BCUT2D eigenvalue weighted by Gasteiger charge is 2.21. The summed E-state index contributed by atoms with van der Waals surface area (Å²) in [5.41, 5.74) is 4.33. The summed E-state index contributed by atoms with van der Waals surface area (Å²) in [4.78, 5) is 16.4. The number of rotatable bonds is 2. The van der Waals surface area contributed by atoms with Gasteiger partial charge in [0.15, 0.2) is 0 Å². The van der Waals surface area contributed by atoms with Gasteiger partial charge in [0.25, 0.3) is 0 Å². The highest BCUT2D eigenvalue weighted by atomic mass is 19.1.